The number of nitrogens with one attached hydrogen (secondary N) is 1. The number of piperidine rings is 1. The van der Waals surface area contributed by atoms with Gasteiger partial charge in [-0.3, -0.25) is 14.5 Å². The Bertz CT molecular complexity index is 792. The van der Waals surface area contributed by atoms with Gasteiger partial charge in [0.05, 0.1) is 6.54 Å². The highest BCUT2D eigenvalue weighted by Crippen LogP contribution is 2.59. The van der Waals surface area contributed by atoms with Crippen molar-refractivity contribution in [1.82, 2.24) is 15.1 Å². The third-order valence-corrected chi connectivity index (χ3v) is 7.54. The van der Waals surface area contributed by atoms with Crippen molar-refractivity contribution in [1.29, 1.82) is 0 Å². The molecule has 3 fully saturated rings. The van der Waals surface area contributed by atoms with Gasteiger partial charge in [-0.15, -0.1) is 24.8 Å². The summed E-state index contributed by atoms with van der Waals surface area (Å²) in [5, 5.41) is 3.41. The first-order valence-electron chi connectivity index (χ1n) is 11.3. The van der Waals surface area contributed by atoms with E-state index in [2.05, 4.69) is 33.3 Å². The fourth-order valence-electron chi connectivity index (χ4n) is 5.59. The van der Waals surface area contributed by atoms with Crippen LogP contribution >= 0.6 is 24.8 Å². The first-order valence-corrected chi connectivity index (χ1v) is 11.3. The number of fused-ring (bicyclic) bond motifs is 1. The van der Waals surface area contributed by atoms with Gasteiger partial charge in [-0.25, -0.2) is 0 Å². The minimum atomic E-state index is 0. The van der Waals surface area contributed by atoms with Gasteiger partial charge in [0, 0.05) is 44.3 Å². The van der Waals surface area contributed by atoms with Crippen molar-refractivity contribution in [2.75, 3.05) is 57.3 Å². The monoisotopic (exact) mass is 468 g/mol. The van der Waals surface area contributed by atoms with Crippen molar-refractivity contribution in [3.63, 3.8) is 0 Å². The summed E-state index contributed by atoms with van der Waals surface area (Å²) in [7, 11) is 0. The Labute approximate surface area is 197 Å². The van der Waals surface area contributed by atoms with E-state index in [4.69, 9.17) is 0 Å². The molecular formula is C23H34Cl2N4O2. The summed E-state index contributed by atoms with van der Waals surface area (Å²) < 4.78 is 0. The van der Waals surface area contributed by atoms with Crippen LogP contribution in [0.1, 0.15) is 31.2 Å². The smallest absolute Gasteiger partial charge is 0.241 e. The van der Waals surface area contributed by atoms with Crippen molar-refractivity contribution < 1.29 is 9.59 Å². The number of piperazine rings is 1. The first kappa shape index (κ1) is 24.3. The van der Waals surface area contributed by atoms with Crippen molar-refractivity contribution in [2.45, 2.75) is 32.1 Å². The Morgan fingerprint density at radius 3 is 2.45 bits per heavy atom. The summed E-state index contributed by atoms with van der Waals surface area (Å²) in [5.74, 6) is 0.804. The Kier molecular flexibility index (Phi) is 7.90. The van der Waals surface area contributed by atoms with Crippen LogP contribution in [0.25, 0.3) is 0 Å². The second kappa shape index (κ2) is 10.1. The molecule has 3 aliphatic heterocycles. The van der Waals surface area contributed by atoms with E-state index in [-0.39, 0.29) is 36.6 Å². The number of benzene rings is 1. The van der Waals surface area contributed by atoms with Crippen LogP contribution in [0.3, 0.4) is 0 Å². The van der Waals surface area contributed by atoms with E-state index in [1.54, 1.807) is 0 Å². The molecule has 2 saturated heterocycles. The fourth-order valence-corrected chi connectivity index (χ4v) is 5.59. The van der Waals surface area contributed by atoms with E-state index in [0.717, 1.165) is 83.6 Å². The molecule has 3 heterocycles. The number of amides is 2. The molecule has 1 unspecified atom stereocenters. The van der Waals surface area contributed by atoms with Crippen molar-refractivity contribution in [3.05, 3.63) is 29.8 Å². The van der Waals surface area contributed by atoms with E-state index < -0.39 is 0 Å². The van der Waals surface area contributed by atoms with Gasteiger partial charge in [-0.1, -0.05) is 18.2 Å². The number of rotatable bonds is 3. The maximum atomic E-state index is 13.0. The lowest BCUT2D eigenvalue weighted by molar-refractivity contribution is -0.135. The third-order valence-electron chi connectivity index (χ3n) is 7.54. The normalized spacial score (nSPS) is 24.6. The highest BCUT2D eigenvalue weighted by Gasteiger charge is 2.58. The number of anilines is 1. The number of para-hydroxylation sites is 1. The largest absolute Gasteiger partial charge is 0.340 e. The molecule has 5 rings (SSSR count). The molecular weight excluding hydrogens is 435 g/mol. The molecule has 1 aromatic rings. The molecule has 31 heavy (non-hydrogen) atoms. The predicted octanol–water partition coefficient (Wildman–Crippen LogP) is 2.34. The number of hydrogen-bond acceptors (Lipinski definition) is 4. The summed E-state index contributed by atoms with van der Waals surface area (Å²) in [6, 6.07) is 8.26. The Balaban J connectivity index is 0.00000136. The van der Waals surface area contributed by atoms with Crippen LogP contribution in [-0.4, -0.2) is 74.0 Å². The van der Waals surface area contributed by atoms with Crippen LogP contribution in [0.2, 0.25) is 0 Å². The summed E-state index contributed by atoms with van der Waals surface area (Å²) in [5.41, 5.74) is 2.66. The summed E-state index contributed by atoms with van der Waals surface area (Å²) in [4.78, 5) is 32.2. The zero-order valence-corrected chi connectivity index (χ0v) is 19.7. The zero-order valence-electron chi connectivity index (χ0n) is 18.1. The first-order chi connectivity index (χ1) is 14.2. The van der Waals surface area contributed by atoms with E-state index in [0.29, 0.717) is 17.9 Å². The van der Waals surface area contributed by atoms with Crippen molar-refractivity contribution in [2.24, 2.45) is 11.3 Å². The summed E-state index contributed by atoms with van der Waals surface area (Å²) in [6.45, 7) is 6.49. The molecule has 8 heteroatoms. The molecule has 6 nitrogen and oxygen atoms in total. The second-order valence-electron chi connectivity index (χ2n) is 9.25. The molecule has 1 atom stereocenters. The Morgan fingerprint density at radius 1 is 1.00 bits per heavy atom. The van der Waals surface area contributed by atoms with E-state index >= 15 is 0 Å². The van der Waals surface area contributed by atoms with Crippen molar-refractivity contribution in [3.8, 4) is 0 Å². The Morgan fingerprint density at radius 2 is 1.71 bits per heavy atom. The van der Waals surface area contributed by atoms with Crippen LogP contribution < -0.4 is 10.2 Å². The van der Waals surface area contributed by atoms with E-state index in [1.807, 2.05) is 11.0 Å². The van der Waals surface area contributed by atoms with Crippen LogP contribution in [0.15, 0.2) is 24.3 Å². The molecule has 0 radical (unpaired) electrons. The average molecular weight is 469 g/mol. The molecule has 4 aliphatic rings. The van der Waals surface area contributed by atoms with Crippen LogP contribution in [0.5, 0.6) is 0 Å². The molecule has 1 spiro atoms. The number of halogens is 2. The lowest BCUT2D eigenvalue weighted by Gasteiger charge is -2.37. The second-order valence-corrected chi connectivity index (χ2v) is 9.25. The number of hydrogen-bond donors (Lipinski definition) is 1. The van der Waals surface area contributed by atoms with Gasteiger partial charge in [0.15, 0.2) is 0 Å². The van der Waals surface area contributed by atoms with Crippen LogP contribution in [0.4, 0.5) is 5.69 Å². The lowest BCUT2D eigenvalue weighted by atomic mass is 9.91. The van der Waals surface area contributed by atoms with Crippen LogP contribution in [-0.2, 0) is 16.0 Å². The maximum Gasteiger partial charge on any atom is 0.241 e. The van der Waals surface area contributed by atoms with Gasteiger partial charge in [0.1, 0.15) is 0 Å². The van der Waals surface area contributed by atoms with Gasteiger partial charge in [0.2, 0.25) is 11.8 Å². The SMILES string of the molecule is Cl.Cl.O=C(C1CC12CCNCC2)N1CCN(CC(=O)N2CCCc3ccccc32)CC1. The summed E-state index contributed by atoms with van der Waals surface area (Å²) >= 11 is 0. The topological polar surface area (TPSA) is 55.9 Å². The number of carbonyl (C=O) groups excluding carboxylic acids is 2. The number of nitrogens with zero attached hydrogens (tertiary/aromatic N) is 3. The minimum absolute atomic E-state index is 0. The minimum Gasteiger partial charge on any atom is -0.340 e. The number of aryl methyl sites for hydroxylation is 1. The van der Waals surface area contributed by atoms with Crippen molar-refractivity contribution >= 4 is 42.3 Å². The average Bonchev–Trinajstić information content (AvgIpc) is 3.46. The predicted molar refractivity (Wildman–Crippen MR) is 127 cm³/mol. The maximum absolute atomic E-state index is 13.0. The standard InChI is InChI=1S/C23H32N4O2.2ClH/c28-21(27-11-3-5-18-4-1-2-6-20(18)27)17-25-12-14-26(15-13-25)22(29)19-16-23(19)7-9-24-10-8-23;;/h1-2,4,6,19,24H,3,5,7-17H2;2*1H. The van der Waals surface area contributed by atoms with Gasteiger partial charge in [-0.2, -0.15) is 0 Å². The molecule has 1 N–H and O–H groups in total. The quantitative estimate of drug-likeness (QED) is 0.739. The van der Waals surface area contributed by atoms with Gasteiger partial charge in [-0.05, 0) is 62.2 Å². The lowest BCUT2D eigenvalue weighted by Crippen LogP contribution is -2.52. The van der Waals surface area contributed by atoms with Gasteiger partial charge >= 0.3 is 0 Å². The molecule has 172 valence electrons. The molecule has 1 aromatic carbocycles. The molecule has 0 aromatic heterocycles. The third kappa shape index (κ3) is 4.87. The summed E-state index contributed by atoms with van der Waals surface area (Å²) in [6.07, 6.45) is 5.47. The zero-order chi connectivity index (χ0) is 19.8. The van der Waals surface area contributed by atoms with Crippen LogP contribution in [0, 0.1) is 11.3 Å². The Hall–Kier alpha value is -1.34. The molecule has 2 amide bonds. The van der Waals surface area contributed by atoms with E-state index in [9.17, 15) is 9.59 Å². The van der Waals surface area contributed by atoms with Gasteiger partial charge in [0.25, 0.3) is 0 Å². The molecule has 1 saturated carbocycles. The highest BCUT2D eigenvalue weighted by molar-refractivity contribution is 5.96. The molecule has 1 aliphatic carbocycles. The van der Waals surface area contributed by atoms with E-state index in [1.165, 1.54) is 5.56 Å². The number of carbonyl (C=O) groups is 2. The van der Waals surface area contributed by atoms with Gasteiger partial charge < -0.3 is 15.1 Å². The highest BCUT2D eigenvalue weighted by atomic mass is 35.5. The molecule has 0 bridgehead atoms. The fraction of sp³-hybridized carbons (Fsp3) is 0.652.